The van der Waals surface area contributed by atoms with Gasteiger partial charge in [-0.05, 0) is 42.0 Å². The Morgan fingerprint density at radius 1 is 0.926 bits per heavy atom. The van der Waals surface area contributed by atoms with Gasteiger partial charge < -0.3 is 19.5 Å². The number of anilines is 1. The Morgan fingerprint density at radius 3 is 2.37 bits per heavy atom. The second kappa shape index (κ2) is 8.15. The Morgan fingerprint density at radius 2 is 1.63 bits per heavy atom. The van der Waals surface area contributed by atoms with Crippen LogP contribution in [0.15, 0.2) is 42.5 Å². The van der Waals surface area contributed by atoms with E-state index in [-0.39, 0.29) is 5.82 Å². The summed E-state index contributed by atoms with van der Waals surface area (Å²) in [5.74, 6) is 1.25. The third kappa shape index (κ3) is 4.34. The molecule has 4 rings (SSSR count). The van der Waals surface area contributed by atoms with Crippen LogP contribution < -0.4 is 14.4 Å². The summed E-state index contributed by atoms with van der Waals surface area (Å²) in [5.41, 5.74) is 1.89. The summed E-state index contributed by atoms with van der Waals surface area (Å²) in [6, 6.07) is 12.3. The number of ether oxygens (including phenoxy) is 2. The monoisotopic (exact) mass is 372 g/mol. The quantitative estimate of drug-likeness (QED) is 0.894. The summed E-state index contributed by atoms with van der Waals surface area (Å²) in [7, 11) is 0. The van der Waals surface area contributed by atoms with Crippen LogP contribution >= 0.6 is 0 Å². The molecule has 2 heterocycles. The second-order valence-electron chi connectivity index (χ2n) is 7.04. The highest BCUT2D eigenvalue weighted by molar-refractivity contribution is 5.47. The molecule has 1 saturated heterocycles. The third-order valence-electron chi connectivity index (χ3n) is 5.15. The summed E-state index contributed by atoms with van der Waals surface area (Å²) in [5, 5.41) is 10.7. The highest BCUT2D eigenvalue weighted by Crippen LogP contribution is 2.32. The van der Waals surface area contributed by atoms with E-state index in [1.54, 1.807) is 0 Å². The average molecular weight is 372 g/mol. The van der Waals surface area contributed by atoms with E-state index in [1.165, 1.54) is 12.1 Å². The lowest BCUT2D eigenvalue weighted by Crippen LogP contribution is -2.47. The van der Waals surface area contributed by atoms with Crippen molar-refractivity contribution in [2.24, 2.45) is 0 Å². The number of aliphatic hydroxyl groups is 1. The number of benzene rings is 2. The maximum Gasteiger partial charge on any atom is 0.161 e. The fourth-order valence-corrected chi connectivity index (χ4v) is 3.58. The molecule has 1 fully saturated rings. The van der Waals surface area contributed by atoms with Crippen LogP contribution in [0.1, 0.15) is 18.1 Å². The van der Waals surface area contributed by atoms with Gasteiger partial charge >= 0.3 is 0 Å². The lowest BCUT2D eigenvalue weighted by molar-refractivity contribution is 0.109. The Kier molecular flexibility index (Phi) is 5.45. The summed E-state index contributed by atoms with van der Waals surface area (Å²) in [6.07, 6.45) is 0.296. The molecular weight excluding hydrogens is 347 g/mol. The van der Waals surface area contributed by atoms with Crippen LogP contribution in [-0.4, -0.2) is 55.9 Å². The van der Waals surface area contributed by atoms with Crippen molar-refractivity contribution in [2.45, 2.75) is 12.5 Å². The maximum absolute atomic E-state index is 13.1. The summed E-state index contributed by atoms with van der Waals surface area (Å²) in [6.45, 7) is 5.32. The van der Waals surface area contributed by atoms with Gasteiger partial charge in [-0.15, -0.1) is 0 Å². The van der Waals surface area contributed by atoms with Gasteiger partial charge in [-0.3, -0.25) is 4.90 Å². The first-order valence-corrected chi connectivity index (χ1v) is 9.49. The van der Waals surface area contributed by atoms with Gasteiger partial charge in [-0.1, -0.05) is 6.07 Å². The Hall–Kier alpha value is -2.31. The molecule has 0 spiro atoms. The standard InChI is InChI=1S/C21H25FN2O3/c22-17-3-5-18(6-4-17)24-10-8-23(9-11-24)15-19(25)16-2-7-20-21(14-16)27-13-1-12-26-20/h2-7,14,19,25H,1,8-13,15H2/t19-/m1/s1. The molecular formula is C21H25FN2O3. The minimum Gasteiger partial charge on any atom is -0.490 e. The maximum atomic E-state index is 13.1. The number of rotatable bonds is 4. The van der Waals surface area contributed by atoms with Crippen LogP contribution in [0.5, 0.6) is 11.5 Å². The van der Waals surface area contributed by atoms with Gasteiger partial charge in [0.15, 0.2) is 11.5 Å². The van der Waals surface area contributed by atoms with Crippen molar-refractivity contribution in [1.29, 1.82) is 0 Å². The molecule has 144 valence electrons. The van der Waals surface area contributed by atoms with Crippen LogP contribution in [0.2, 0.25) is 0 Å². The molecule has 6 heteroatoms. The zero-order chi connectivity index (χ0) is 18.6. The van der Waals surface area contributed by atoms with Gasteiger partial charge in [-0.25, -0.2) is 4.39 Å². The Labute approximate surface area is 158 Å². The molecule has 2 aliphatic rings. The molecule has 5 nitrogen and oxygen atoms in total. The van der Waals surface area contributed by atoms with Crippen molar-refractivity contribution in [2.75, 3.05) is 50.8 Å². The highest BCUT2D eigenvalue weighted by Gasteiger charge is 2.21. The first-order valence-electron chi connectivity index (χ1n) is 9.49. The van der Waals surface area contributed by atoms with Crippen molar-refractivity contribution >= 4 is 5.69 Å². The van der Waals surface area contributed by atoms with E-state index in [0.717, 1.165) is 49.6 Å². The van der Waals surface area contributed by atoms with Crippen LogP contribution in [0, 0.1) is 5.82 Å². The minimum atomic E-state index is -0.570. The van der Waals surface area contributed by atoms with Crippen molar-refractivity contribution in [3.8, 4) is 11.5 Å². The van der Waals surface area contributed by atoms with Gasteiger partial charge in [0, 0.05) is 44.8 Å². The minimum absolute atomic E-state index is 0.212. The largest absolute Gasteiger partial charge is 0.490 e. The van der Waals surface area contributed by atoms with Crippen LogP contribution in [0.3, 0.4) is 0 Å². The lowest BCUT2D eigenvalue weighted by Gasteiger charge is -2.37. The highest BCUT2D eigenvalue weighted by atomic mass is 19.1. The second-order valence-corrected chi connectivity index (χ2v) is 7.04. The number of aliphatic hydroxyl groups excluding tert-OH is 1. The molecule has 0 radical (unpaired) electrons. The summed E-state index contributed by atoms with van der Waals surface area (Å²) in [4.78, 5) is 4.50. The molecule has 0 bridgehead atoms. The fraction of sp³-hybridized carbons (Fsp3) is 0.429. The van der Waals surface area contributed by atoms with E-state index >= 15 is 0 Å². The smallest absolute Gasteiger partial charge is 0.161 e. The van der Waals surface area contributed by atoms with Crippen LogP contribution in [0.4, 0.5) is 10.1 Å². The molecule has 2 aliphatic heterocycles. The summed E-state index contributed by atoms with van der Waals surface area (Å²) < 4.78 is 24.4. The zero-order valence-electron chi connectivity index (χ0n) is 15.3. The van der Waals surface area contributed by atoms with Crippen molar-refractivity contribution in [3.05, 3.63) is 53.8 Å². The number of halogens is 1. The molecule has 27 heavy (non-hydrogen) atoms. The zero-order valence-corrected chi connectivity index (χ0v) is 15.3. The Bertz CT molecular complexity index is 761. The third-order valence-corrected chi connectivity index (χ3v) is 5.15. The molecule has 0 saturated carbocycles. The molecule has 0 unspecified atom stereocenters. The van der Waals surface area contributed by atoms with Crippen molar-refractivity contribution < 1.29 is 19.0 Å². The topological polar surface area (TPSA) is 45.2 Å². The summed E-state index contributed by atoms with van der Waals surface area (Å²) >= 11 is 0. The Balaban J connectivity index is 1.33. The molecule has 0 amide bonds. The van der Waals surface area contributed by atoms with E-state index in [4.69, 9.17) is 9.47 Å². The lowest BCUT2D eigenvalue weighted by atomic mass is 10.1. The molecule has 2 aromatic rings. The van der Waals surface area contributed by atoms with Crippen molar-refractivity contribution in [1.82, 2.24) is 4.90 Å². The van der Waals surface area contributed by atoms with Crippen LogP contribution in [0.25, 0.3) is 0 Å². The SMILES string of the molecule is O[C@H](CN1CCN(c2ccc(F)cc2)CC1)c1ccc2c(c1)OCCCO2. The van der Waals surface area contributed by atoms with Gasteiger partial charge in [0.05, 0.1) is 19.3 Å². The van der Waals surface area contributed by atoms with Gasteiger partial charge in [0.1, 0.15) is 5.82 Å². The number of β-amino-alcohol motifs (C(OH)–C–C–N with tert-alkyl or cyclic N) is 1. The van der Waals surface area contributed by atoms with Gasteiger partial charge in [0.25, 0.3) is 0 Å². The predicted octanol–water partition coefficient (Wildman–Crippen LogP) is 2.84. The number of piperazine rings is 1. The fourth-order valence-electron chi connectivity index (χ4n) is 3.58. The van der Waals surface area contributed by atoms with E-state index in [0.29, 0.717) is 25.5 Å². The first kappa shape index (κ1) is 18.1. The van der Waals surface area contributed by atoms with Crippen molar-refractivity contribution in [3.63, 3.8) is 0 Å². The van der Waals surface area contributed by atoms with Gasteiger partial charge in [-0.2, -0.15) is 0 Å². The van der Waals surface area contributed by atoms with E-state index < -0.39 is 6.10 Å². The number of hydrogen-bond donors (Lipinski definition) is 1. The molecule has 2 aromatic carbocycles. The molecule has 0 aromatic heterocycles. The van der Waals surface area contributed by atoms with Gasteiger partial charge in [0.2, 0.25) is 0 Å². The predicted molar refractivity (Wildman–Crippen MR) is 102 cm³/mol. The first-order chi connectivity index (χ1) is 13.2. The van der Waals surface area contributed by atoms with E-state index in [1.807, 2.05) is 30.3 Å². The number of hydrogen-bond acceptors (Lipinski definition) is 5. The average Bonchev–Trinajstić information content (AvgIpc) is 2.94. The number of fused-ring (bicyclic) bond motifs is 1. The van der Waals surface area contributed by atoms with E-state index in [9.17, 15) is 9.50 Å². The van der Waals surface area contributed by atoms with E-state index in [2.05, 4.69) is 9.80 Å². The molecule has 1 N–H and O–H groups in total. The molecule has 1 atom stereocenters. The molecule has 0 aliphatic carbocycles. The normalized spacial score (nSPS) is 18.8. The number of nitrogens with zero attached hydrogens (tertiary/aromatic N) is 2. The van der Waals surface area contributed by atoms with Crippen LogP contribution in [-0.2, 0) is 0 Å².